The van der Waals surface area contributed by atoms with Crippen molar-refractivity contribution in [3.05, 3.63) is 5.28 Å². The van der Waals surface area contributed by atoms with Crippen molar-refractivity contribution < 1.29 is 4.74 Å². The van der Waals surface area contributed by atoms with Crippen molar-refractivity contribution in [1.82, 2.24) is 15.0 Å². The van der Waals surface area contributed by atoms with E-state index in [1.54, 1.807) is 7.05 Å². The zero-order chi connectivity index (χ0) is 13.2. The zero-order valence-electron chi connectivity index (χ0n) is 11.0. The first-order chi connectivity index (χ1) is 8.48. The van der Waals surface area contributed by atoms with Crippen LogP contribution in [0.3, 0.4) is 0 Å². The summed E-state index contributed by atoms with van der Waals surface area (Å²) in [7, 11) is 1.73. The highest BCUT2D eigenvalue weighted by Gasteiger charge is 2.28. The van der Waals surface area contributed by atoms with Gasteiger partial charge in [0.1, 0.15) is 6.10 Å². The molecule has 1 heterocycles. The van der Waals surface area contributed by atoms with E-state index in [1.165, 1.54) is 0 Å². The van der Waals surface area contributed by atoms with E-state index in [1.807, 2.05) is 0 Å². The summed E-state index contributed by atoms with van der Waals surface area (Å²) in [5.41, 5.74) is 0.423. The van der Waals surface area contributed by atoms with E-state index in [9.17, 15) is 0 Å². The summed E-state index contributed by atoms with van der Waals surface area (Å²) in [6.07, 6.45) is 4.57. The van der Waals surface area contributed by atoms with Crippen molar-refractivity contribution in [2.75, 3.05) is 12.4 Å². The van der Waals surface area contributed by atoms with E-state index in [4.69, 9.17) is 16.3 Å². The summed E-state index contributed by atoms with van der Waals surface area (Å²) < 4.78 is 5.79. The lowest BCUT2D eigenvalue weighted by Gasteiger charge is -2.33. The minimum atomic E-state index is 0.153. The molecule has 1 N–H and O–H groups in total. The molecule has 18 heavy (non-hydrogen) atoms. The Kier molecular flexibility index (Phi) is 3.90. The van der Waals surface area contributed by atoms with Gasteiger partial charge in [-0.25, -0.2) is 0 Å². The number of aromatic nitrogens is 3. The van der Waals surface area contributed by atoms with Crippen LogP contribution < -0.4 is 10.1 Å². The van der Waals surface area contributed by atoms with Gasteiger partial charge in [0, 0.05) is 7.05 Å². The minimum absolute atomic E-state index is 0.153. The molecule has 0 unspecified atom stereocenters. The molecule has 0 aromatic carbocycles. The molecule has 1 saturated carbocycles. The second-order valence-electron chi connectivity index (χ2n) is 5.44. The Morgan fingerprint density at radius 1 is 1.22 bits per heavy atom. The van der Waals surface area contributed by atoms with Crippen LogP contribution in [0.2, 0.25) is 5.28 Å². The SMILES string of the molecule is CNc1nc(Cl)nc(OC2CCC(C)(C)CC2)n1. The second-order valence-corrected chi connectivity index (χ2v) is 5.78. The van der Waals surface area contributed by atoms with E-state index < -0.39 is 0 Å². The molecular weight excluding hydrogens is 252 g/mol. The highest BCUT2D eigenvalue weighted by atomic mass is 35.5. The predicted octanol–water partition coefficient (Wildman–Crippen LogP) is 2.91. The molecule has 6 heteroatoms. The lowest BCUT2D eigenvalue weighted by molar-refractivity contribution is 0.0906. The third-order valence-corrected chi connectivity index (χ3v) is 3.54. The normalized spacial score (nSPS) is 19.6. The number of nitrogens with one attached hydrogen (secondary N) is 1. The Bertz CT molecular complexity index is 415. The zero-order valence-corrected chi connectivity index (χ0v) is 11.8. The Labute approximate surface area is 112 Å². The highest BCUT2D eigenvalue weighted by Crippen LogP contribution is 2.36. The molecule has 1 aliphatic rings. The molecule has 0 atom stereocenters. The summed E-state index contributed by atoms with van der Waals surface area (Å²) >= 11 is 5.81. The van der Waals surface area contributed by atoms with E-state index in [2.05, 4.69) is 34.1 Å². The van der Waals surface area contributed by atoms with E-state index in [0.29, 0.717) is 17.4 Å². The van der Waals surface area contributed by atoms with Gasteiger partial charge >= 0.3 is 6.01 Å². The molecule has 1 fully saturated rings. The van der Waals surface area contributed by atoms with Crippen LogP contribution in [0, 0.1) is 5.41 Å². The number of nitrogens with zero attached hydrogens (tertiary/aromatic N) is 3. The predicted molar refractivity (Wildman–Crippen MR) is 71.0 cm³/mol. The fourth-order valence-electron chi connectivity index (χ4n) is 2.14. The van der Waals surface area contributed by atoms with Gasteiger partial charge in [-0.15, -0.1) is 0 Å². The van der Waals surface area contributed by atoms with Crippen LogP contribution in [0.15, 0.2) is 0 Å². The molecule has 0 aliphatic heterocycles. The summed E-state index contributed by atoms with van der Waals surface area (Å²) in [5.74, 6) is 0.432. The first-order valence-corrected chi connectivity index (χ1v) is 6.62. The van der Waals surface area contributed by atoms with E-state index in [-0.39, 0.29) is 11.4 Å². The molecule has 0 saturated heterocycles. The van der Waals surface area contributed by atoms with Crippen molar-refractivity contribution in [1.29, 1.82) is 0 Å². The number of hydrogen-bond donors (Lipinski definition) is 1. The molecule has 0 bridgehead atoms. The monoisotopic (exact) mass is 270 g/mol. The van der Waals surface area contributed by atoms with Crippen LogP contribution >= 0.6 is 11.6 Å². The highest BCUT2D eigenvalue weighted by molar-refractivity contribution is 6.28. The second kappa shape index (κ2) is 5.26. The van der Waals surface area contributed by atoms with Crippen molar-refractivity contribution in [3.63, 3.8) is 0 Å². The summed E-state index contributed by atoms with van der Waals surface area (Å²) in [4.78, 5) is 12.1. The van der Waals surface area contributed by atoms with Crippen LogP contribution in [0.5, 0.6) is 6.01 Å². The van der Waals surface area contributed by atoms with Gasteiger partial charge in [0.2, 0.25) is 11.2 Å². The minimum Gasteiger partial charge on any atom is -0.460 e. The maximum Gasteiger partial charge on any atom is 0.322 e. The van der Waals surface area contributed by atoms with Gasteiger partial charge in [0.15, 0.2) is 0 Å². The van der Waals surface area contributed by atoms with Gasteiger partial charge < -0.3 is 10.1 Å². The average molecular weight is 271 g/mol. The molecule has 100 valence electrons. The number of ether oxygens (including phenoxy) is 1. The van der Waals surface area contributed by atoms with E-state index in [0.717, 1.165) is 25.7 Å². The number of anilines is 1. The van der Waals surface area contributed by atoms with Crippen LogP contribution in [-0.2, 0) is 0 Å². The van der Waals surface area contributed by atoms with Crippen molar-refractivity contribution >= 4 is 17.5 Å². The first kappa shape index (κ1) is 13.3. The number of halogens is 1. The quantitative estimate of drug-likeness (QED) is 0.915. The average Bonchev–Trinajstić information content (AvgIpc) is 2.31. The van der Waals surface area contributed by atoms with Crippen molar-refractivity contribution in [2.24, 2.45) is 5.41 Å². The standard InChI is InChI=1S/C12H19ClN4O/c1-12(2)6-4-8(5-7-12)18-11-16-9(13)15-10(14-3)17-11/h8H,4-7H2,1-3H3,(H,14,15,16,17). The Morgan fingerprint density at radius 2 is 1.89 bits per heavy atom. The van der Waals surface area contributed by atoms with Gasteiger partial charge in [-0.1, -0.05) is 13.8 Å². The van der Waals surface area contributed by atoms with Gasteiger partial charge in [0.25, 0.3) is 0 Å². The summed E-state index contributed by atoms with van der Waals surface area (Å²) in [6.45, 7) is 4.59. The van der Waals surface area contributed by atoms with Crippen molar-refractivity contribution in [2.45, 2.75) is 45.6 Å². The fraction of sp³-hybridized carbons (Fsp3) is 0.750. The maximum atomic E-state index is 5.81. The van der Waals surface area contributed by atoms with Crippen LogP contribution in [0.25, 0.3) is 0 Å². The number of hydrogen-bond acceptors (Lipinski definition) is 5. The van der Waals surface area contributed by atoms with Gasteiger partial charge in [-0.2, -0.15) is 15.0 Å². The van der Waals surface area contributed by atoms with Crippen LogP contribution in [0.4, 0.5) is 5.95 Å². The molecule has 0 spiro atoms. The maximum absolute atomic E-state index is 5.81. The Balaban J connectivity index is 2.00. The van der Waals surface area contributed by atoms with Crippen molar-refractivity contribution in [3.8, 4) is 6.01 Å². The Hall–Kier alpha value is -1.10. The molecular formula is C12H19ClN4O. The molecule has 1 aromatic heterocycles. The Morgan fingerprint density at radius 3 is 2.50 bits per heavy atom. The first-order valence-electron chi connectivity index (χ1n) is 6.24. The molecule has 2 rings (SSSR count). The smallest absolute Gasteiger partial charge is 0.322 e. The van der Waals surface area contributed by atoms with Crippen LogP contribution in [0.1, 0.15) is 39.5 Å². The third-order valence-electron chi connectivity index (χ3n) is 3.37. The summed E-state index contributed by atoms with van der Waals surface area (Å²) in [5, 5.41) is 2.99. The molecule has 0 radical (unpaired) electrons. The lowest BCUT2D eigenvalue weighted by Crippen LogP contribution is -2.29. The molecule has 5 nitrogen and oxygen atoms in total. The third kappa shape index (κ3) is 3.45. The molecule has 0 amide bonds. The fourth-order valence-corrected chi connectivity index (χ4v) is 2.29. The number of rotatable bonds is 3. The van der Waals surface area contributed by atoms with E-state index >= 15 is 0 Å². The molecule has 1 aromatic rings. The summed E-state index contributed by atoms with van der Waals surface area (Å²) in [6, 6.07) is 0.309. The lowest BCUT2D eigenvalue weighted by atomic mass is 9.76. The van der Waals surface area contributed by atoms with Gasteiger partial charge in [-0.05, 0) is 42.7 Å². The van der Waals surface area contributed by atoms with Gasteiger partial charge in [-0.3, -0.25) is 0 Å². The van der Waals surface area contributed by atoms with Gasteiger partial charge in [0.05, 0.1) is 0 Å². The van der Waals surface area contributed by atoms with Crippen LogP contribution in [-0.4, -0.2) is 28.1 Å². The largest absolute Gasteiger partial charge is 0.460 e. The topological polar surface area (TPSA) is 59.9 Å². The molecule has 1 aliphatic carbocycles.